The Bertz CT molecular complexity index is 1160. The Kier molecular flexibility index (Phi) is 5.26. The van der Waals surface area contributed by atoms with Crippen molar-refractivity contribution in [2.45, 2.75) is 37.1 Å². The minimum atomic E-state index is -4.48. The van der Waals surface area contributed by atoms with Gasteiger partial charge < -0.3 is 4.57 Å². The van der Waals surface area contributed by atoms with Crippen LogP contribution >= 0.6 is 11.6 Å². The van der Waals surface area contributed by atoms with Crippen molar-refractivity contribution < 1.29 is 17.2 Å². The van der Waals surface area contributed by atoms with E-state index in [2.05, 4.69) is 14.9 Å². The molecule has 1 N–H and O–H groups in total. The summed E-state index contributed by atoms with van der Waals surface area (Å²) in [7, 11) is -4.48. The predicted octanol–water partition coefficient (Wildman–Crippen LogP) is 4.40. The zero-order valence-electron chi connectivity index (χ0n) is 15.2. The van der Waals surface area contributed by atoms with Crippen molar-refractivity contribution in [3.05, 3.63) is 58.9 Å². The third-order valence-corrected chi connectivity index (χ3v) is 6.52. The van der Waals surface area contributed by atoms with E-state index in [-0.39, 0.29) is 5.69 Å². The molecule has 152 valence electrons. The van der Waals surface area contributed by atoms with Gasteiger partial charge in [0, 0.05) is 24.2 Å². The van der Waals surface area contributed by atoms with Crippen molar-refractivity contribution in [3.8, 4) is 11.4 Å². The molecule has 2 aromatic carbocycles. The second-order valence-corrected chi connectivity index (χ2v) is 8.78. The first kappa shape index (κ1) is 19.8. The molecule has 3 aromatic rings. The Morgan fingerprint density at radius 2 is 1.79 bits per heavy atom. The molecule has 1 aliphatic heterocycles. The van der Waals surface area contributed by atoms with Crippen LogP contribution in [0.5, 0.6) is 0 Å². The zero-order chi connectivity index (χ0) is 20.6. The number of hydrogen-bond donors (Lipinski definition) is 1. The smallest absolute Gasteiger partial charge is 0.267 e. The summed E-state index contributed by atoms with van der Waals surface area (Å²) in [5.74, 6) is -0.957. The van der Waals surface area contributed by atoms with Crippen molar-refractivity contribution in [1.82, 2.24) is 14.8 Å². The van der Waals surface area contributed by atoms with E-state index in [0.29, 0.717) is 16.4 Å². The third kappa shape index (κ3) is 3.84. The van der Waals surface area contributed by atoms with Crippen molar-refractivity contribution in [2.24, 2.45) is 0 Å². The molecule has 0 bridgehead atoms. The second-order valence-electron chi connectivity index (χ2n) is 6.75. The minimum Gasteiger partial charge on any atom is -0.311 e. The zero-order valence-corrected chi connectivity index (χ0v) is 16.8. The van der Waals surface area contributed by atoms with Crippen LogP contribution in [-0.4, -0.2) is 23.2 Å². The highest BCUT2D eigenvalue weighted by molar-refractivity contribution is 7.92. The predicted molar refractivity (Wildman–Crippen MR) is 105 cm³/mol. The van der Waals surface area contributed by atoms with Crippen LogP contribution < -0.4 is 4.72 Å². The number of anilines is 1. The lowest BCUT2D eigenvalue weighted by Crippen LogP contribution is -2.16. The molecule has 0 aliphatic carbocycles. The first-order valence-corrected chi connectivity index (χ1v) is 10.9. The maximum absolute atomic E-state index is 13.9. The molecule has 0 spiro atoms. The van der Waals surface area contributed by atoms with Gasteiger partial charge in [0.15, 0.2) is 10.7 Å². The molecule has 0 amide bonds. The topological polar surface area (TPSA) is 76.9 Å². The summed E-state index contributed by atoms with van der Waals surface area (Å²) in [6, 6.07) is 7.28. The van der Waals surface area contributed by atoms with Gasteiger partial charge in [-0.1, -0.05) is 24.1 Å². The lowest BCUT2D eigenvalue weighted by molar-refractivity contribution is 0.521. The summed E-state index contributed by atoms with van der Waals surface area (Å²) in [5.41, 5.74) is 0.597. The van der Waals surface area contributed by atoms with Crippen molar-refractivity contribution >= 4 is 27.3 Å². The van der Waals surface area contributed by atoms with Gasteiger partial charge in [0.2, 0.25) is 0 Å². The molecule has 10 heteroatoms. The largest absolute Gasteiger partial charge is 0.311 e. The lowest BCUT2D eigenvalue weighted by atomic mass is 10.2. The van der Waals surface area contributed by atoms with Gasteiger partial charge in [0.05, 0.1) is 5.02 Å². The summed E-state index contributed by atoms with van der Waals surface area (Å²) in [6.07, 6.45) is 3.91. The number of aromatic nitrogens is 3. The number of fused-ring (bicyclic) bond motifs is 1. The molecule has 4 rings (SSSR count). The van der Waals surface area contributed by atoms with Gasteiger partial charge in [-0.15, -0.1) is 10.2 Å². The number of hydrogen-bond acceptors (Lipinski definition) is 4. The molecule has 1 aromatic heterocycles. The first-order chi connectivity index (χ1) is 13.9. The summed E-state index contributed by atoms with van der Waals surface area (Å²) in [4.78, 5) is -1.03. The number of sulfonamides is 1. The van der Waals surface area contributed by atoms with Crippen LogP contribution in [0.2, 0.25) is 5.02 Å². The highest BCUT2D eigenvalue weighted by atomic mass is 35.5. The van der Waals surface area contributed by atoms with Crippen molar-refractivity contribution in [3.63, 3.8) is 0 Å². The SMILES string of the molecule is O=S(=O)(Nc1ccc(Cl)c(-c2nnc3n2CCCCC3)c1)c1c(F)cccc1F. The van der Waals surface area contributed by atoms with Crippen molar-refractivity contribution in [2.75, 3.05) is 4.72 Å². The van der Waals surface area contributed by atoms with Gasteiger partial charge in [0.25, 0.3) is 10.0 Å². The molecule has 29 heavy (non-hydrogen) atoms. The fraction of sp³-hybridized carbons (Fsp3) is 0.263. The van der Waals surface area contributed by atoms with E-state index >= 15 is 0 Å². The molecule has 2 heterocycles. The molecule has 6 nitrogen and oxygen atoms in total. The van der Waals surface area contributed by atoms with Gasteiger partial charge >= 0.3 is 0 Å². The Balaban J connectivity index is 1.72. The maximum Gasteiger partial charge on any atom is 0.267 e. The van der Waals surface area contributed by atoms with Crippen LogP contribution in [0.15, 0.2) is 41.3 Å². The number of nitrogens with zero attached hydrogens (tertiary/aromatic N) is 3. The molecular weight excluding hydrogens is 422 g/mol. The fourth-order valence-electron chi connectivity index (χ4n) is 3.39. The van der Waals surface area contributed by atoms with Gasteiger partial charge in [-0.25, -0.2) is 17.2 Å². The highest BCUT2D eigenvalue weighted by Gasteiger charge is 2.25. The molecule has 0 saturated heterocycles. The van der Waals surface area contributed by atoms with Gasteiger partial charge in [-0.2, -0.15) is 0 Å². The standard InChI is InChI=1S/C19H17ClF2N4O2S/c20-14-9-8-12(25-29(27,28)18-15(21)5-4-6-16(18)22)11-13(14)19-24-23-17-7-2-1-3-10-26(17)19/h4-6,8-9,11,25H,1-3,7,10H2. The lowest BCUT2D eigenvalue weighted by Gasteiger charge is -2.13. The molecule has 0 saturated carbocycles. The molecule has 0 unspecified atom stereocenters. The maximum atomic E-state index is 13.9. The Morgan fingerprint density at radius 1 is 1.03 bits per heavy atom. The monoisotopic (exact) mass is 438 g/mol. The van der Waals surface area contributed by atoms with E-state index in [1.165, 1.54) is 18.2 Å². The highest BCUT2D eigenvalue weighted by Crippen LogP contribution is 2.32. The van der Waals surface area contributed by atoms with E-state index in [4.69, 9.17) is 11.6 Å². The van der Waals surface area contributed by atoms with Crippen LogP contribution in [0.3, 0.4) is 0 Å². The quantitative estimate of drug-likeness (QED) is 0.654. The van der Waals surface area contributed by atoms with Crippen LogP contribution in [0.25, 0.3) is 11.4 Å². The Hall–Kier alpha value is -2.52. The van der Waals surface area contributed by atoms with E-state index in [1.807, 2.05) is 4.57 Å². The number of halogens is 3. The first-order valence-electron chi connectivity index (χ1n) is 9.05. The number of rotatable bonds is 4. The fourth-order valence-corrected chi connectivity index (χ4v) is 4.78. The van der Waals surface area contributed by atoms with Gasteiger partial charge in [0.1, 0.15) is 17.5 Å². The molecular formula is C19H17ClF2N4O2S. The average Bonchev–Trinajstić information content (AvgIpc) is 2.90. The average molecular weight is 439 g/mol. The van der Waals surface area contributed by atoms with Gasteiger partial charge in [-0.05, 0) is 43.2 Å². The van der Waals surface area contributed by atoms with Crippen LogP contribution in [0.1, 0.15) is 25.1 Å². The number of benzene rings is 2. The Morgan fingerprint density at radius 3 is 2.55 bits per heavy atom. The molecule has 0 radical (unpaired) electrons. The molecule has 0 fully saturated rings. The van der Waals surface area contributed by atoms with Crippen LogP contribution in [-0.2, 0) is 23.0 Å². The van der Waals surface area contributed by atoms with E-state index in [9.17, 15) is 17.2 Å². The minimum absolute atomic E-state index is 0.109. The van der Waals surface area contributed by atoms with Gasteiger partial charge in [-0.3, -0.25) is 4.72 Å². The van der Waals surface area contributed by atoms with Crippen LogP contribution in [0, 0.1) is 11.6 Å². The summed E-state index contributed by atoms with van der Waals surface area (Å²) < 4.78 is 57.2. The summed E-state index contributed by atoms with van der Waals surface area (Å²) >= 11 is 6.33. The molecule has 1 aliphatic rings. The van der Waals surface area contributed by atoms with E-state index in [0.717, 1.165) is 56.3 Å². The number of aryl methyl sites for hydroxylation is 1. The number of nitrogens with one attached hydrogen (secondary N) is 1. The van der Waals surface area contributed by atoms with Crippen molar-refractivity contribution in [1.29, 1.82) is 0 Å². The summed E-state index contributed by atoms with van der Waals surface area (Å²) in [5, 5.41) is 8.82. The second kappa shape index (κ2) is 7.72. The summed E-state index contributed by atoms with van der Waals surface area (Å²) in [6.45, 7) is 0.740. The Labute approximate surface area is 171 Å². The molecule has 0 atom stereocenters. The van der Waals surface area contributed by atoms with E-state index in [1.54, 1.807) is 0 Å². The normalized spacial score (nSPS) is 14.3. The van der Waals surface area contributed by atoms with Crippen LogP contribution in [0.4, 0.5) is 14.5 Å². The third-order valence-electron chi connectivity index (χ3n) is 4.76. The van der Waals surface area contributed by atoms with E-state index < -0.39 is 26.6 Å².